The van der Waals surface area contributed by atoms with E-state index in [2.05, 4.69) is 0 Å². The average Bonchev–Trinajstić information content (AvgIpc) is 3.25. The highest BCUT2D eigenvalue weighted by molar-refractivity contribution is 5.94. The SMILES string of the molecule is COc1ccc(CN(C)C(=O)c2cccc(OCC3CCCO3)c2)c(OC)c1. The summed E-state index contributed by atoms with van der Waals surface area (Å²) in [6.07, 6.45) is 2.24. The molecule has 0 spiro atoms. The first-order chi connectivity index (χ1) is 13.6. The molecule has 0 bridgehead atoms. The average molecular weight is 385 g/mol. The summed E-state index contributed by atoms with van der Waals surface area (Å²) in [7, 11) is 4.98. The number of carbonyl (C=O) groups is 1. The monoisotopic (exact) mass is 385 g/mol. The van der Waals surface area contributed by atoms with Crippen LogP contribution in [0, 0.1) is 0 Å². The Hall–Kier alpha value is -2.73. The molecule has 28 heavy (non-hydrogen) atoms. The van der Waals surface area contributed by atoms with Crippen molar-refractivity contribution in [3.63, 3.8) is 0 Å². The smallest absolute Gasteiger partial charge is 0.254 e. The summed E-state index contributed by atoms with van der Waals surface area (Å²) in [5, 5.41) is 0. The normalized spacial score (nSPS) is 15.9. The van der Waals surface area contributed by atoms with E-state index in [9.17, 15) is 4.79 Å². The van der Waals surface area contributed by atoms with Crippen LogP contribution in [-0.2, 0) is 11.3 Å². The lowest BCUT2D eigenvalue weighted by molar-refractivity contribution is 0.0678. The molecular weight excluding hydrogens is 358 g/mol. The first-order valence-electron chi connectivity index (χ1n) is 9.41. The van der Waals surface area contributed by atoms with Crippen molar-refractivity contribution in [1.82, 2.24) is 4.90 Å². The van der Waals surface area contributed by atoms with Crippen molar-refractivity contribution < 1.29 is 23.7 Å². The fourth-order valence-corrected chi connectivity index (χ4v) is 3.21. The Balaban J connectivity index is 1.65. The third-order valence-corrected chi connectivity index (χ3v) is 4.79. The number of nitrogens with zero attached hydrogens (tertiary/aromatic N) is 1. The fourth-order valence-electron chi connectivity index (χ4n) is 3.21. The van der Waals surface area contributed by atoms with Gasteiger partial charge in [0.15, 0.2) is 0 Å². The molecule has 150 valence electrons. The van der Waals surface area contributed by atoms with Crippen LogP contribution < -0.4 is 14.2 Å². The molecule has 6 heteroatoms. The lowest BCUT2D eigenvalue weighted by atomic mass is 10.1. The largest absolute Gasteiger partial charge is 0.497 e. The van der Waals surface area contributed by atoms with E-state index in [1.807, 2.05) is 30.3 Å². The zero-order valence-electron chi connectivity index (χ0n) is 16.6. The van der Waals surface area contributed by atoms with Crippen LogP contribution in [0.25, 0.3) is 0 Å². The lowest BCUT2D eigenvalue weighted by Crippen LogP contribution is -2.26. The van der Waals surface area contributed by atoms with Gasteiger partial charge in [0.1, 0.15) is 23.9 Å². The van der Waals surface area contributed by atoms with Gasteiger partial charge in [0.2, 0.25) is 0 Å². The highest BCUT2D eigenvalue weighted by Crippen LogP contribution is 2.26. The number of carbonyl (C=O) groups excluding carboxylic acids is 1. The third-order valence-electron chi connectivity index (χ3n) is 4.79. The molecule has 6 nitrogen and oxygen atoms in total. The quantitative estimate of drug-likeness (QED) is 0.696. The Morgan fingerprint density at radius 3 is 2.71 bits per heavy atom. The molecule has 0 saturated carbocycles. The first-order valence-corrected chi connectivity index (χ1v) is 9.41. The van der Waals surface area contributed by atoms with E-state index in [0.717, 1.165) is 25.0 Å². The molecule has 1 atom stereocenters. The number of ether oxygens (including phenoxy) is 4. The van der Waals surface area contributed by atoms with E-state index in [-0.39, 0.29) is 12.0 Å². The first kappa shape index (κ1) is 20.0. The molecule has 1 amide bonds. The molecule has 1 heterocycles. The van der Waals surface area contributed by atoms with Crippen LogP contribution in [0.4, 0.5) is 0 Å². The predicted octanol–water partition coefficient (Wildman–Crippen LogP) is 3.53. The second-order valence-electron chi connectivity index (χ2n) is 6.81. The topological polar surface area (TPSA) is 57.2 Å². The maximum absolute atomic E-state index is 12.9. The van der Waals surface area contributed by atoms with Crippen LogP contribution in [-0.4, -0.2) is 51.4 Å². The number of amides is 1. The van der Waals surface area contributed by atoms with Crippen LogP contribution >= 0.6 is 0 Å². The summed E-state index contributed by atoms with van der Waals surface area (Å²) in [5.41, 5.74) is 1.49. The predicted molar refractivity (Wildman–Crippen MR) is 106 cm³/mol. The Bertz CT molecular complexity index is 801. The Kier molecular flexibility index (Phi) is 6.76. The van der Waals surface area contributed by atoms with Gasteiger partial charge >= 0.3 is 0 Å². The molecule has 2 aromatic carbocycles. The van der Waals surface area contributed by atoms with Crippen LogP contribution in [0.5, 0.6) is 17.2 Å². The van der Waals surface area contributed by atoms with Crippen molar-refractivity contribution in [2.24, 2.45) is 0 Å². The van der Waals surface area contributed by atoms with Crippen molar-refractivity contribution in [2.75, 3.05) is 34.5 Å². The number of hydrogen-bond acceptors (Lipinski definition) is 5. The molecule has 0 radical (unpaired) electrons. The molecule has 0 aromatic heterocycles. The van der Waals surface area contributed by atoms with Crippen molar-refractivity contribution >= 4 is 5.91 Å². The second-order valence-corrected chi connectivity index (χ2v) is 6.81. The van der Waals surface area contributed by atoms with E-state index < -0.39 is 0 Å². The molecule has 2 aromatic rings. The number of rotatable bonds is 8. The minimum Gasteiger partial charge on any atom is -0.497 e. The zero-order chi connectivity index (χ0) is 19.9. The van der Waals surface area contributed by atoms with Gasteiger partial charge in [0, 0.05) is 37.4 Å². The van der Waals surface area contributed by atoms with Gasteiger partial charge in [0.25, 0.3) is 5.91 Å². The van der Waals surface area contributed by atoms with E-state index in [4.69, 9.17) is 18.9 Å². The molecule has 1 saturated heterocycles. The second kappa shape index (κ2) is 9.46. The fraction of sp³-hybridized carbons (Fsp3) is 0.409. The van der Waals surface area contributed by atoms with Gasteiger partial charge < -0.3 is 23.8 Å². The van der Waals surface area contributed by atoms with Gasteiger partial charge in [-0.2, -0.15) is 0 Å². The molecule has 3 rings (SSSR count). The molecule has 1 aliphatic heterocycles. The third kappa shape index (κ3) is 4.95. The van der Waals surface area contributed by atoms with E-state index >= 15 is 0 Å². The van der Waals surface area contributed by atoms with Crippen LogP contribution in [0.1, 0.15) is 28.8 Å². The van der Waals surface area contributed by atoms with E-state index in [0.29, 0.717) is 36.0 Å². The van der Waals surface area contributed by atoms with Gasteiger partial charge in [-0.3, -0.25) is 4.79 Å². The van der Waals surface area contributed by atoms with Gasteiger partial charge in [-0.15, -0.1) is 0 Å². The van der Waals surface area contributed by atoms with Gasteiger partial charge in [-0.25, -0.2) is 0 Å². The lowest BCUT2D eigenvalue weighted by Gasteiger charge is -2.20. The molecule has 0 aliphatic carbocycles. The molecule has 1 aliphatic rings. The molecule has 1 fully saturated rings. The van der Waals surface area contributed by atoms with Crippen molar-refractivity contribution in [1.29, 1.82) is 0 Å². The summed E-state index contributed by atoms with van der Waals surface area (Å²) >= 11 is 0. The van der Waals surface area contributed by atoms with Gasteiger partial charge in [-0.05, 0) is 43.2 Å². The van der Waals surface area contributed by atoms with Crippen LogP contribution in [0.3, 0.4) is 0 Å². The standard InChI is InChI=1S/C22H27NO5/c1-23(14-17-9-10-18(25-2)13-21(17)26-3)22(24)16-6-4-7-19(12-16)28-15-20-8-5-11-27-20/h4,6-7,9-10,12-13,20H,5,8,11,14-15H2,1-3H3. The minimum absolute atomic E-state index is 0.0829. The maximum atomic E-state index is 12.9. The maximum Gasteiger partial charge on any atom is 0.254 e. The van der Waals surface area contributed by atoms with E-state index in [1.165, 1.54) is 0 Å². The Labute approximate surface area is 166 Å². The number of methoxy groups -OCH3 is 2. The van der Waals surface area contributed by atoms with E-state index in [1.54, 1.807) is 38.3 Å². The van der Waals surface area contributed by atoms with Gasteiger partial charge in [-0.1, -0.05) is 6.07 Å². The summed E-state index contributed by atoms with van der Waals surface area (Å²) in [6, 6.07) is 12.8. The van der Waals surface area contributed by atoms with Crippen LogP contribution in [0.2, 0.25) is 0 Å². The van der Waals surface area contributed by atoms with Crippen molar-refractivity contribution in [3.05, 3.63) is 53.6 Å². The minimum atomic E-state index is -0.0829. The molecule has 1 unspecified atom stereocenters. The number of benzene rings is 2. The van der Waals surface area contributed by atoms with Crippen LogP contribution in [0.15, 0.2) is 42.5 Å². The highest BCUT2D eigenvalue weighted by atomic mass is 16.5. The van der Waals surface area contributed by atoms with Crippen molar-refractivity contribution in [2.45, 2.75) is 25.5 Å². The zero-order valence-corrected chi connectivity index (χ0v) is 16.6. The number of hydrogen-bond donors (Lipinski definition) is 0. The molecular formula is C22H27NO5. The Morgan fingerprint density at radius 2 is 2.00 bits per heavy atom. The molecule has 0 N–H and O–H groups in total. The summed E-state index contributed by atoms with van der Waals surface area (Å²) in [6.45, 7) is 1.73. The summed E-state index contributed by atoms with van der Waals surface area (Å²) in [4.78, 5) is 14.5. The summed E-state index contributed by atoms with van der Waals surface area (Å²) < 4.78 is 22.0. The summed E-state index contributed by atoms with van der Waals surface area (Å²) in [5.74, 6) is 2.00. The van der Waals surface area contributed by atoms with Crippen molar-refractivity contribution in [3.8, 4) is 17.2 Å². The van der Waals surface area contributed by atoms with Gasteiger partial charge in [0.05, 0.1) is 20.3 Å². The Morgan fingerprint density at radius 1 is 1.14 bits per heavy atom. The highest BCUT2D eigenvalue weighted by Gasteiger charge is 2.18.